The average molecular weight is 350 g/mol. The van der Waals surface area contributed by atoms with Crippen LogP contribution in [-0.2, 0) is 6.42 Å². The van der Waals surface area contributed by atoms with Crippen molar-refractivity contribution in [3.05, 3.63) is 17.7 Å². The van der Waals surface area contributed by atoms with Crippen LogP contribution < -0.4 is 19.5 Å². The highest BCUT2D eigenvalue weighted by atomic mass is 16.5. The van der Waals surface area contributed by atoms with Crippen molar-refractivity contribution in [2.75, 3.05) is 21.3 Å². The maximum Gasteiger partial charge on any atom is 0.203 e. The highest BCUT2D eigenvalue weighted by molar-refractivity contribution is 5.53. The van der Waals surface area contributed by atoms with E-state index in [1.165, 1.54) is 24.8 Å². The Bertz CT molecular complexity index is 545. The van der Waals surface area contributed by atoms with Gasteiger partial charge in [0, 0.05) is 12.1 Å². The first-order chi connectivity index (χ1) is 11.8. The van der Waals surface area contributed by atoms with Crippen molar-refractivity contribution in [1.82, 2.24) is 5.32 Å². The van der Waals surface area contributed by atoms with Crippen molar-refractivity contribution >= 4 is 0 Å². The lowest BCUT2D eigenvalue weighted by molar-refractivity contribution is 0.145. The van der Waals surface area contributed by atoms with Gasteiger partial charge in [0.2, 0.25) is 5.75 Å². The Hall–Kier alpha value is -1.42. The summed E-state index contributed by atoms with van der Waals surface area (Å²) in [6.45, 7) is 9.41. The second kappa shape index (κ2) is 8.31. The average Bonchev–Trinajstić information content (AvgIpc) is 2.51. The molecule has 0 aliphatic heterocycles. The van der Waals surface area contributed by atoms with Crippen molar-refractivity contribution in [3.8, 4) is 17.2 Å². The molecule has 1 aliphatic rings. The molecule has 3 unspecified atom stereocenters. The quantitative estimate of drug-likeness (QED) is 0.789. The van der Waals surface area contributed by atoms with E-state index in [9.17, 15) is 0 Å². The lowest BCUT2D eigenvalue weighted by Gasteiger charge is -2.40. The Labute approximate surface area is 153 Å². The van der Waals surface area contributed by atoms with Gasteiger partial charge in [-0.1, -0.05) is 20.8 Å². The summed E-state index contributed by atoms with van der Waals surface area (Å²) in [4.78, 5) is 0. The minimum absolute atomic E-state index is 0.397. The van der Waals surface area contributed by atoms with Gasteiger partial charge in [0.1, 0.15) is 0 Å². The summed E-state index contributed by atoms with van der Waals surface area (Å²) in [6.07, 6.45) is 4.77. The molecular formula is C21H35NO3. The van der Waals surface area contributed by atoms with Crippen LogP contribution >= 0.6 is 0 Å². The van der Waals surface area contributed by atoms with E-state index in [0.29, 0.717) is 23.2 Å². The SMILES string of the molecule is COc1cc(CC(C)NC2CC(C)CC(C)(C)C2)cc(OC)c1OC. The molecule has 0 heterocycles. The second-order valence-corrected chi connectivity index (χ2v) is 8.42. The standard InChI is InChI=1S/C21H35NO3/c1-14-8-17(13-21(3,4)12-14)22-15(2)9-16-10-18(23-5)20(25-7)19(11-16)24-6/h10-11,14-15,17,22H,8-9,12-13H2,1-7H3. The van der Waals surface area contributed by atoms with E-state index in [-0.39, 0.29) is 0 Å². The van der Waals surface area contributed by atoms with Crippen molar-refractivity contribution in [3.63, 3.8) is 0 Å². The van der Waals surface area contributed by atoms with Crippen LogP contribution in [0.3, 0.4) is 0 Å². The smallest absolute Gasteiger partial charge is 0.203 e. The Kier molecular flexibility index (Phi) is 6.61. The summed E-state index contributed by atoms with van der Waals surface area (Å²) in [6, 6.07) is 5.09. The van der Waals surface area contributed by atoms with Crippen LogP contribution in [0.1, 0.15) is 52.5 Å². The first kappa shape index (κ1) is 19.9. The molecule has 0 amide bonds. The van der Waals surface area contributed by atoms with Gasteiger partial charge in [-0.05, 0) is 61.6 Å². The van der Waals surface area contributed by atoms with E-state index in [2.05, 4.69) is 33.0 Å². The molecule has 0 aromatic heterocycles. The number of hydrogen-bond acceptors (Lipinski definition) is 4. The van der Waals surface area contributed by atoms with E-state index >= 15 is 0 Å². The molecule has 4 heteroatoms. The summed E-state index contributed by atoms with van der Waals surface area (Å²) in [5.74, 6) is 2.87. The molecule has 1 aromatic carbocycles. The molecule has 1 aliphatic carbocycles. The van der Waals surface area contributed by atoms with Crippen molar-refractivity contribution in [2.45, 2.75) is 65.5 Å². The summed E-state index contributed by atoms with van der Waals surface area (Å²) in [7, 11) is 4.96. The number of ether oxygens (including phenoxy) is 3. The highest BCUT2D eigenvalue weighted by Crippen LogP contribution is 2.40. The second-order valence-electron chi connectivity index (χ2n) is 8.42. The van der Waals surface area contributed by atoms with Gasteiger partial charge in [0.25, 0.3) is 0 Å². The van der Waals surface area contributed by atoms with E-state index < -0.39 is 0 Å². The molecule has 4 nitrogen and oxygen atoms in total. The summed E-state index contributed by atoms with van der Waals surface area (Å²) in [5.41, 5.74) is 1.62. The first-order valence-corrected chi connectivity index (χ1v) is 9.33. The number of methoxy groups -OCH3 is 3. The zero-order valence-electron chi connectivity index (χ0n) is 16.9. The number of rotatable bonds is 7. The predicted octanol–water partition coefficient (Wildman–Crippen LogP) is 4.45. The number of benzene rings is 1. The Morgan fingerprint density at radius 2 is 1.68 bits per heavy atom. The highest BCUT2D eigenvalue weighted by Gasteiger charge is 2.32. The Morgan fingerprint density at radius 3 is 2.16 bits per heavy atom. The fourth-order valence-corrected chi connectivity index (χ4v) is 4.54. The minimum atomic E-state index is 0.397. The van der Waals surface area contributed by atoms with Gasteiger partial charge in [0.05, 0.1) is 21.3 Å². The van der Waals surface area contributed by atoms with E-state index in [1.807, 2.05) is 12.1 Å². The summed E-state index contributed by atoms with van der Waals surface area (Å²) >= 11 is 0. The van der Waals surface area contributed by atoms with E-state index in [4.69, 9.17) is 14.2 Å². The number of hydrogen-bond donors (Lipinski definition) is 1. The molecule has 0 spiro atoms. The third-order valence-electron chi connectivity index (χ3n) is 5.17. The van der Waals surface area contributed by atoms with Gasteiger partial charge < -0.3 is 19.5 Å². The maximum atomic E-state index is 5.47. The summed E-state index contributed by atoms with van der Waals surface area (Å²) < 4.78 is 16.3. The topological polar surface area (TPSA) is 39.7 Å². The molecule has 1 N–H and O–H groups in total. The van der Waals surface area contributed by atoms with Crippen LogP contribution in [0.4, 0.5) is 0 Å². The van der Waals surface area contributed by atoms with Gasteiger partial charge >= 0.3 is 0 Å². The van der Waals surface area contributed by atoms with Crippen LogP contribution in [0.25, 0.3) is 0 Å². The van der Waals surface area contributed by atoms with E-state index in [1.54, 1.807) is 21.3 Å². The zero-order valence-corrected chi connectivity index (χ0v) is 16.9. The Morgan fingerprint density at radius 1 is 1.08 bits per heavy atom. The zero-order chi connectivity index (χ0) is 18.6. The predicted molar refractivity (Wildman–Crippen MR) is 103 cm³/mol. The molecule has 1 fully saturated rings. The third-order valence-corrected chi connectivity index (χ3v) is 5.17. The maximum absolute atomic E-state index is 5.47. The van der Waals surface area contributed by atoms with Gasteiger partial charge in [-0.15, -0.1) is 0 Å². The molecule has 2 rings (SSSR count). The lowest BCUT2D eigenvalue weighted by Crippen LogP contribution is -2.44. The minimum Gasteiger partial charge on any atom is -0.493 e. The molecule has 25 heavy (non-hydrogen) atoms. The van der Waals surface area contributed by atoms with Crippen molar-refractivity contribution in [2.24, 2.45) is 11.3 Å². The van der Waals surface area contributed by atoms with Crippen LogP contribution in [0, 0.1) is 11.3 Å². The van der Waals surface area contributed by atoms with Crippen LogP contribution in [0.2, 0.25) is 0 Å². The molecule has 1 aromatic rings. The van der Waals surface area contributed by atoms with Crippen molar-refractivity contribution in [1.29, 1.82) is 0 Å². The fraction of sp³-hybridized carbons (Fsp3) is 0.714. The fourth-order valence-electron chi connectivity index (χ4n) is 4.54. The molecule has 0 radical (unpaired) electrons. The molecule has 1 saturated carbocycles. The van der Waals surface area contributed by atoms with Crippen LogP contribution in [0.5, 0.6) is 17.2 Å². The van der Waals surface area contributed by atoms with Gasteiger partial charge in [-0.25, -0.2) is 0 Å². The number of nitrogens with one attached hydrogen (secondary N) is 1. The molecule has 0 saturated heterocycles. The molecule has 142 valence electrons. The molecule has 3 atom stereocenters. The monoisotopic (exact) mass is 349 g/mol. The van der Waals surface area contributed by atoms with Gasteiger partial charge in [-0.2, -0.15) is 0 Å². The van der Waals surface area contributed by atoms with Gasteiger partial charge in [-0.3, -0.25) is 0 Å². The largest absolute Gasteiger partial charge is 0.493 e. The molecule has 0 bridgehead atoms. The van der Waals surface area contributed by atoms with Gasteiger partial charge in [0.15, 0.2) is 11.5 Å². The van der Waals surface area contributed by atoms with E-state index in [0.717, 1.165) is 23.8 Å². The Balaban J connectivity index is 2.06. The third kappa shape index (κ3) is 5.27. The molecular weight excluding hydrogens is 314 g/mol. The van der Waals surface area contributed by atoms with Crippen LogP contribution in [0.15, 0.2) is 12.1 Å². The van der Waals surface area contributed by atoms with Crippen molar-refractivity contribution < 1.29 is 14.2 Å². The normalized spacial score (nSPS) is 23.8. The summed E-state index contributed by atoms with van der Waals surface area (Å²) in [5, 5.41) is 3.84. The van der Waals surface area contributed by atoms with Crippen LogP contribution in [-0.4, -0.2) is 33.4 Å². The lowest BCUT2D eigenvalue weighted by atomic mass is 9.70. The first-order valence-electron chi connectivity index (χ1n) is 9.33.